The minimum Gasteiger partial charge on any atom is -0.489 e. The summed E-state index contributed by atoms with van der Waals surface area (Å²) in [7, 11) is 0. The Morgan fingerprint density at radius 1 is 1.09 bits per heavy atom. The standard InChI is InChI=1S/C18H16O4S/c1-11(2)21-16-14-9-8-13(22-12-6-4-3-5-7-12)10-15(14)23-17(16)18(19)20/h3-11H,1-2H3,(H,19,20). The smallest absolute Gasteiger partial charge is 0.349 e. The van der Waals surface area contributed by atoms with Gasteiger partial charge in [0.2, 0.25) is 0 Å². The van der Waals surface area contributed by atoms with E-state index in [9.17, 15) is 9.90 Å². The fraction of sp³-hybridized carbons (Fsp3) is 0.167. The maximum absolute atomic E-state index is 11.4. The Bertz CT molecular complexity index is 837. The van der Waals surface area contributed by atoms with Crippen molar-refractivity contribution in [3.63, 3.8) is 0 Å². The normalized spacial score (nSPS) is 10.9. The molecule has 1 N–H and O–H groups in total. The zero-order chi connectivity index (χ0) is 16.4. The van der Waals surface area contributed by atoms with E-state index in [1.54, 1.807) is 0 Å². The van der Waals surface area contributed by atoms with Crippen molar-refractivity contribution in [2.75, 3.05) is 0 Å². The molecule has 0 fully saturated rings. The molecule has 3 rings (SSSR count). The lowest BCUT2D eigenvalue weighted by atomic mass is 10.2. The molecule has 0 radical (unpaired) electrons. The van der Waals surface area contributed by atoms with Gasteiger partial charge in [-0.05, 0) is 44.2 Å². The molecule has 5 heteroatoms. The number of thiophene rings is 1. The summed E-state index contributed by atoms with van der Waals surface area (Å²) in [5.74, 6) is 0.852. The van der Waals surface area contributed by atoms with Crippen molar-refractivity contribution in [1.82, 2.24) is 0 Å². The third-order valence-electron chi connectivity index (χ3n) is 3.14. The first kappa shape index (κ1) is 15.4. The number of hydrogen-bond donors (Lipinski definition) is 1. The zero-order valence-electron chi connectivity index (χ0n) is 12.8. The van der Waals surface area contributed by atoms with Crippen molar-refractivity contribution in [3.8, 4) is 17.2 Å². The number of ether oxygens (including phenoxy) is 2. The van der Waals surface area contributed by atoms with Gasteiger partial charge in [0.1, 0.15) is 11.5 Å². The first-order chi connectivity index (χ1) is 11.0. The number of aromatic carboxylic acids is 1. The molecule has 0 bridgehead atoms. The van der Waals surface area contributed by atoms with Crippen LogP contribution in [0.15, 0.2) is 48.5 Å². The number of benzene rings is 2. The van der Waals surface area contributed by atoms with Crippen LogP contribution in [0.4, 0.5) is 0 Å². The maximum Gasteiger partial charge on any atom is 0.349 e. The van der Waals surface area contributed by atoms with Crippen molar-refractivity contribution in [3.05, 3.63) is 53.4 Å². The maximum atomic E-state index is 11.4. The van der Waals surface area contributed by atoms with Crippen molar-refractivity contribution in [1.29, 1.82) is 0 Å². The highest BCUT2D eigenvalue weighted by molar-refractivity contribution is 7.21. The number of para-hydroxylation sites is 1. The Morgan fingerprint density at radius 3 is 2.48 bits per heavy atom. The number of fused-ring (bicyclic) bond motifs is 1. The van der Waals surface area contributed by atoms with Crippen LogP contribution in [-0.2, 0) is 0 Å². The van der Waals surface area contributed by atoms with E-state index in [-0.39, 0.29) is 11.0 Å². The van der Waals surface area contributed by atoms with E-state index >= 15 is 0 Å². The van der Waals surface area contributed by atoms with Crippen LogP contribution in [0.25, 0.3) is 10.1 Å². The number of rotatable bonds is 5. The van der Waals surface area contributed by atoms with Crippen molar-refractivity contribution in [2.24, 2.45) is 0 Å². The van der Waals surface area contributed by atoms with Crippen molar-refractivity contribution in [2.45, 2.75) is 20.0 Å². The molecule has 23 heavy (non-hydrogen) atoms. The van der Waals surface area contributed by atoms with Crippen LogP contribution in [0.5, 0.6) is 17.2 Å². The third-order valence-corrected chi connectivity index (χ3v) is 4.26. The van der Waals surface area contributed by atoms with Gasteiger partial charge in [-0.3, -0.25) is 0 Å². The average molecular weight is 328 g/mol. The first-order valence-electron chi connectivity index (χ1n) is 7.24. The zero-order valence-corrected chi connectivity index (χ0v) is 13.6. The second kappa shape index (κ2) is 6.30. The summed E-state index contributed by atoms with van der Waals surface area (Å²) < 4.78 is 12.3. The second-order valence-corrected chi connectivity index (χ2v) is 6.36. The quantitative estimate of drug-likeness (QED) is 0.701. The van der Waals surface area contributed by atoms with Crippen LogP contribution < -0.4 is 9.47 Å². The van der Waals surface area contributed by atoms with Crippen LogP contribution >= 0.6 is 11.3 Å². The van der Waals surface area contributed by atoms with E-state index in [1.165, 1.54) is 11.3 Å². The van der Waals surface area contributed by atoms with Crippen LogP contribution in [0.3, 0.4) is 0 Å². The van der Waals surface area contributed by atoms with E-state index in [4.69, 9.17) is 9.47 Å². The fourth-order valence-corrected chi connectivity index (χ4v) is 3.24. The molecule has 0 saturated carbocycles. The molecule has 4 nitrogen and oxygen atoms in total. The summed E-state index contributed by atoms with van der Waals surface area (Å²) in [5.41, 5.74) is 0. The molecule has 0 amide bonds. The van der Waals surface area contributed by atoms with E-state index < -0.39 is 5.97 Å². The summed E-state index contributed by atoms with van der Waals surface area (Å²) in [4.78, 5) is 11.7. The van der Waals surface area contributed by atoms with Gasteiger partial charge in [-0.2, -0.15) is 0 Å². The summed E-state index contributed by atoms with van der Waals surface area (Å²) in [5, 5.41) is 10.2. The SMILES string of the molecule is CC(C)Oc1c(C(=O)O)sc2cc(Oc3ccccc3)ccc12. The van der Waals surface area contributed by atoms with E-state index in [0.717, 1.165) is 15.8 Å². The topological polar surface area (TPSA) is 55.8 Å². The first-order valence-corrected chi connectivity index (χ1v) is 8.05. The average Bonchev–Trinajstić information content (AvgIpc) is 2.86. The Kier molecular flexibility index (Phi) is 4.21. The van der Waals surface area contributed by atoms with Gasteiger partial charge in [0.15, 0.2) is 10.6 Å². The van der Waals surface area contributed by atoms with Gasteiger partial charge >= 0.3 is 5.97 Å². The van der Waals surface area contributed by atoms with Crippen LogP contribution in [0.2, 0.25) is 0 Å². The minimum absolute atomic E-state index is 0.0915. The molecule has 2 aromatic carbocycles. The highest BCUT2D eigenvalue weighted by atomic mass is 32.1. The van der Waals surface area contributed by atoms with Gasteiger partial charge in [-0.25, -0.2) is 4.79 Å². The van der Waals surface area contributed by atoms with Crippen molar-refractivity contribution < 1.29 is 19.4 Å². The minimum atomic E-state index is -0.979. The molecule has 0 aliphatic heterocycles. The molecular weight excluding hydrogens is 312 g/mol. The van der Waals surface area contributed by atoms with Crippen molar-refractivity contribution >= 4 is 27.4 Å². The van der Waals surface area contributed by atoms with Crippen LogP contribution in [-0.4, -0.2) is 17.2 Å². The molecule has 0 aliphatic rings. The molecule has 0 unspecified atom stereocenters. The predicted molar refractivity (Wildman–Crippen MR) is 91.1 cm³/mol. The van der Waals surface area contributed by atoms with Gasteiger partial charge < -0.3 is 14.6 Å². The van der Waals surface area contributed by atoms with Gasteiger partial charge in [-0.1, -0.05) is 18.2 Å². The third kappa shape index (κ3) is 3.29. The predicted octanol–water partition coefficient (Wildman–Crippen LogP) is 5.18. The summed E-state index contributed by atoms with van der Waals surface area (Å²) >= 11 is 1.19. The summed E-state index contributed by atoms with van der Waals surface area (Å²) in [6.45, 7) is 3.75. The van der Waals surface area contributed by atoms with Gasteiger partial charge in [0, 0.05) is 10.1 Å². The van der Waals surface area contributed by atoms with Gasteiger partial charge in [0.05, 0.1) is 6.10 Å². The Hall–Kier alpha value is -2.53. The molecule has 1 aromatic heterocycles. The van der Waals surface area contributed by atoms with Crippen LogP contribution in [0.1, 0.15) is 23.5 Å². The number of carboxylic acids is 1. The highest BCUT2D eigenvalue weighted by Crippen LogP contribution is 2.40. The van der Waals surface area contributed by atoms with E-state index in [1.807, 2.05) is 62.4 Å². The van der Waals surface area contributed by atoms with Crippen LogP contribution in [0, 0.1) is 0 Å². The Morgan fingerprint density at radius 2 is 1.83 bits per heavy atom. The second-order valence-electron chi connectivity index (χ2n) is 5.31. The molecule has 0 aliphatic carbocycles. The molecule has 0 saturated heterocycles. The molecule has 3 aromatic rings. The number of hydrogen-bond acceptors (Lipinski definition) is 4. The van der Waals surface area contributed by atoms with Gasteiger partial charge in [0.25, 0.3) is 0 Å². The lowest BCUT2D eigenvalue weighted by Gasteiger charge is -2.10. The van der Waals surface area contributed by atoms with E-state index in [0.29, 0.717) is 11.5 Å². The highest BCUT2D eigenvalue weighted by Gasteiger charge is 2.20. The molecule has 118 valence electrons. The monoisotopic (exact) mass is 328 g/mol. The fourth-order valence-electron chi connectivity index (χ4n) is 2.23. The molecule has 1 heterocycles. The van der Waals surface area contributed by atoms with Gasteiger partial charge in [-0.15, -0.1) is 11.3 Å². The lowest BCUT2D eigenvalue weighted by Crippen LogP contribution is -2.08. The molecular formula is C18H16O4S. The molecule has 0 atom stereocenters. The lowest BCUT2D eigenvalue weighted by molar-refractivity contribution is 0.0697. The number of carboxylic acid groups (broad SMARTS) is 1. The Balaban J connectivity index is 2.01. The largest absolute Gasteiger partial charge is 0.489 e. The number of carbonyl (C=O) groups is 1. The summed E-state index contributed by atoms with van der Waals surface area (Å²) in [6.07, 6.45) is -0.0915. The Labute approximate surface area is 137 Å². The molecule has 0 spiro atoms. The van der Waals surface area contributed by atoms with E-state index in [2.05, 4.69) is 0 Å². The summed E-state index contributed by atoms with van der Waals surface area (Å²) in [6, 6.07) is 15.0.